The van der Waals surface area contributed by atoms with Gasteiger partial charge < -0.3 is 14.6 Å². The van der Waals surface area contributed by atoms with Gasteiger partial charge in [-0.2, -0.15) is 0 Å². The molecular formula is C21H30O5. The van der Waals surface area contributed by atoms with Gasteiger partial charge in [0.1, 0.15) is 11.2 Å². The fourth-order valence-corrected chi connectivity index (χ4v) is 7.85. The molecule has 5 fully saturated rings. The van der Waals surface area contributed by atoms with Gasteiger partial charge >= 0.3 is 5.97 Å². The van der Waals surface area contributed by atoms with Crippen LogP contribution in [-0.4, -0.2) is 34.4 Å². The minimum Gasteiger partial charge on any atom is -0.432 e. The van der Waals surface area contributed by atoms with E-state index in [-0.39, 0.29) is 34.5 Å². The van der Waals surface area contributed by atoms with Crippen molar-refractivity contribution >= 4 is 11.8 Å². The Kier molecular flexibility index (Phi) is 3.24. The van der Waals surface area contributed by atoms with Crippen molar-refractivity contribution < 1.29 is 24.2 Å². The van der Waals surface area contributed by atoms with Crippen LogP contribution in [0.15, 0.2) is 0 Å². The van der Waals surface area contributed by atoms with Gasteiger partial charge in [-0.25, -0.2) is 0 Å². The molecule has 0 bridgehead atoms. The second-order valence-corrected chi connectivity index (χ2v) is 10.1. The Morgan fingerprint density at radius 3 is 2.46 bits per heavy atom. The molecule has 1 spiro atoms. The smallest absolute Gasteiger partial charge is 0.308 e. The van der Waals surface area contributed by atoms with Crippen LogP contribution in [0.25, 0.3) is 0 Å². The van der Waals surface area contributed by atoms with Crippen molar-refractivity contribution in [1.82, 2.24) is 0 Å². The normalized spacial score (nSPS) is 57.8. The Bertz CT molecular complexity index is 690. The molecule has 5 nitrogen and oxygen atoms in total. The van der Waals surface area contributed by atoms with Crippen molar-refractivity contribution in [2.45, 2.75) is 89.6 Å². The van der Waals surface area contributed by atoms with Crippen LogP contribution in [0.3, 0.4) is 0 Å². The molecule has 2 heterocycles. The van der Waals surface area contributed by atoms with Crippen molar-refractivity contribution in [2.24, 2.45) is 28.6 Å². The zero-order chi connectivity index (χ0) is 18.5. The van der Waals surface area contributed by atoms with Gasteiger partial charge in [0.25, 0.3) is 0 Å². The Balaban J connectivity index is 1.51. The average molecular weight is 362 g/mol. The van der Waals surface area contributed by atoms with E-state index in [2.05, 4.69) is 13.8 Å². The fraction of sp³-hybridized carbons (Fsp3) is 0.905. The SMILES string of the molecule is CC(=O)[C@@]1(O)CC[C@H]2[C@@H]3CC[C@]45O[C@H]4OC(=O)CC[C@]5(C)[C@H]3CC[C@@]21C. The second kappa shape index (κ2) is 4.91. The lowest BCUT2D eigenvalue weighted by atomic mass is 9.45. The predicted molar refractivity (Wildman–Crippen MR) is 92.9 cm³/mol. The van der Waals surface area contributed by atoms with Crippen molar-refractivity contribution in [3.63, 3.8) is 0 Å². The Hall–Kier alpha value is -0.940. The summed E-state index contributed by atoms with van der Waals surface area (Å²) in [6.45, 7) is 6.00. The highest BCUT2D eigenvalue weighted by Gasteiger charge is 2.76. The Morgan fingerprint density at radius 2 is 1.73 bits per heavy atom. The maximum absolute atomic E-state index is 12.3. The lowest BCUT2D eigenvalue weighted by molar-refractivity contribution is -0.167. The lowest BCUT2D eigenvalue weighted by Crippen LogP contribution is -2.59. The largest absolute Gasteiger partial charge is 0.432 e. The van der Waals surface area contributed by atoms with Crippen LogP contribution in [0.1, 0.15) is 72.1 Å². The van der Waals surface area contributed by atoms with Gasteiger partial charge in [0.15, 0.2) is 5.78 Å². The summed E-state index contributed by atoms with van der Waals surface area (Å²) >= 11 is 0. The van der Waals surface area contributed by atoms with Crippen LogP contribution in [0, 0.1) is 28.6 Å². The minimum absolute atomic E-state index is 0.0506. The lowest BCUT2D eigenvalue weighted by Gasteiger charge is -2.58. The van der Waals surface area contributed by atoms with Gasteiger partial charge in [-0.15, -0.1) is 0 Å². The molecule has 2 aliphatic heterocycles. The zero-order valence-corrected chi connectivity index (χ0v) is 16.0. The highest BCUT2D eigenvalue weighted by Crippen LogP contribution is 2.72. The summed E-state index contributed by atoms with van der Waals surface area (Å²) in [7, 11) is 0. The molecule has 0 unspecified atom stereocenters. The van der Waals surface area contributed by atoms with E-state index in [4.69, 9.17) is 9.47 Å². The maximum atomic E-state index is 12.3. The number of ether oxygens (including phenoxy) is 2. The summed E-state index contributed by atoms with van der Waals surface area (Å²) < 4.78 is 11.6. The van der Waals surface area contributed by atoms with Crippen molar-refractivity contribution in [3.8, 4) is 0 Å². The monoisotopic (exact) mass is 362 g/mol. The third-order valence-corrected chi connectivity index (χ3v) is 9.53. The van der Waals surface area contributed by atoms with Crippen LogP contribution in [-0.2, 0) is 19.1 Å². The third-order valence-electron chi connectivity index (χ3n) is 9.53. The first-order chi connectivity index (χ1) is 12.2. The van der Waals surface area contributed by atoms with E-state index in [9.17, 15) is 14.7 Å². The molecule has 1 N–H and O–H groups in total. The number of carbonyl (C=O) groups excluding carboxylic acids is 2. The molecule has 3 aliphatic carbocycles. The van der Waals surface area contributed by atoms with Crippen molar-refractivity contribution in [3.05, 3.63) is 0 Å². The number of carbonyl (C=O) groups is 2. The number of epoxide rings is 1. The molecule has 144 valence electrons. The first-order valence-electron chi connectivity index (χ1n) is 10.3. The molecule has 26 heavy (non-hydrogen) atoms. The van der Waals surface area contributed by atoms with E-state index >= 15 is 0 Å². The van der Waals surface area contributed by atoms with Crippen molar-refractivity contribution in [2.75, 3.05) is 0 Å². The van der Waals surface area contributed by atoms with Gasteiger partial charge in [0, 0.05) is 17.3 Å². The van der Waals surface area contributed by atoms with Crippen LogP contribution in [0.2, 0.25) is 0 Å². The molecule has 0 aromatic rings. The van der Waals surface area contributed by atoms with E-state index < -0.39 is 5.60 Å². The molecular weight excluding hydrogens is 332 g/mol. The minimum atomic E-state index is -1.17. The van der Waals surface area contributed by atoms with Gasteiger partial charge in [-0.1, -0.05) is 13.8 Å². The number of Topliss-reactive ketones (excluding diaryl/α,β-unsaturated/α-hetero) is 1. The summed E-state index contributed by atoms with van der Waals surface area (Å²) in [5, 5.41) is 11.2. The van der Waals surface area contributed by atoms with E-state index in [1.165, 1.54) is 0 Å². The molecule has 0 aromatic heterocycles. The predicted octanol–water partition coefficient (Wildman–Crippen LogP) is 2.98. The molecule has 5 aliphatic rings. The Morgan fingerprint density at radius 1 is 1.04 bits per heavy atom. The molecule has 0 amide bonds. The summed E-state index contributed by atoms with van der Waals surface area (Å²) in [6.07, 6.45) is 6.30. The number of esters is 1. The van der Waals surface area contributed by atoms with E-state index in [0.29, 0.717) is 30.6 Å². The maximum Gasteiger partial charge on any atom is 0.308 e. The number of hydrogen-bond acceptors (Lipinski definition) is 5. The summed E-state index contributed by atoms with van der Waals surface area (Å²) in [5.41, 5.74) is -1.82. The standard InChI is InChI=1S/C21H30O5/c1-12(22)20(24)10-6-14-13-4-11-21-17(26-21)25-16(23)7-9-19(21,3)15(13)5-8-18(14,20)2/h13-15,17,24H,4-11H2,1-3H3/t13-,14-,15-,17+,18-,19+,20-,21-/m0/s1. The average Bonchev–Trinajstić information content (AvgIpc) is 3.22. The van der Waals surface area contributed by atoms with Gasteiger partial charge in [-0.05, 0) is 69.6 Å². The molecule has 3 saturated carbocycles. The van der Waals surface area contributed by atoms with Crippen LogP contribution in [0.5, 0.6) is 0 Å². The molecule has 2 saturated heterocycles. The molecule has 8 atom stereocenters. The highest BCUT2D eigenvalue weighted by atomic mass is 16.8. The number of fused-ring (bicyclic) bond motifs is 4. The third kappa shape index (κ3) is 1.75. The van der Waals surface area contributed by atoms with Crippen LogP contribution in [0.4, 0.5) is 0 Å². The first-order valence-corrected chi connectivity index (χ1v) is 10.3. The number of hydrogen-bond donors (Lipinski definition) is 1. The summed E-state index contributed by atoms with van der Waals surface area (Å²) in [6, 6.07) is 0. The van der Waals surface area contributed by atoms with Crippen LogP contribution >= 0.6 is 0 Å². The topological polar surface area (TPSA) is 76.1 Å². The first kappa shape index (κ1) is 17.2. The van der Waals surface area contributed by atoms with Gasteiger partial charge in [0.05, 0.1) is 0 Å². The van der Waals surface area contributed by atoms with Crippen LogP contribution < -0.4 is 0 Å². The fourth-order valence-electron chi connectivity index (χ4n) is 7.85. The molecule has 5 rings (SSSR count). The van der Waals surface area contributed by atoms with E-state index in [1.807, 2.05) is 0 Å². The zero-order valence-electron chi connectivity index (χ0n) is 16.0. The molecule has 0 aromatic carbocycles. The molecule has 0 radical (unpaired) electrons. The molecule has 5 heteroatoms. The number of rotatable bonds is 1. The summed E-state index contributed by atoms with van der Waals surface area (Å²) in [5.74, 6) is 1.14. The quantitative estimate of drug-likeness (QED) is 0.573. The van der Waals surface area contributed by atoms with E-state index in [0.717, 1.165) is 38.5 Å². The Labute approximate surface area is 154 Å². The highest BCUT2D eigenvalue weighted by molar-refractivity contribution is 5.86. The number of aliphatic hydroxyl groups is 1. The van der Waals surface area contributed by atoms with E-state index in [1.54, 1.807) is 6.92 Å². The summed E-state index contributed by atoms with van der Waals surface area (Å²) in [4.78, 5) is 24.3. The van der Waals surface area contributed by atoms with Gasteiger partial charge in [0.2, 0.25) is 6.29 Å². The second-order valence-electron chi connectivity index (χ2n) is 10.1. The van der Waals surface area contributed by atoms with Gasteiger partial charge in [-0.3, -0.25) is 9.59 Å². The van der Waals surface area contributed by atoms with Crippen molar-refractivity contribution in [1.29, 1.82) is 0 Å². The number of ketones is 1.